The molecular weight excluding hydrogens is 418 g/mol. The van der Waals surface area contributed by atoms with Crippen LogP contribution in [-0.2, 0) is 19.8 Å². The van der Waals surface area contributed by atoms with E-state index >= 15 is 0 Å². The van der Waals surface area contributed by atoms with E-state index in [0.29, 0.717) is 0 Å². The highest BCUT2D eigenvalue weighted by Gasteiger charge is 2.38. The number of nitrogens with zero attached hydrogens (tertiary/aromatic N) is 1. The molecule has 0 unspecified atom stereocenters. The summed E-state index contributed by atoms with van der Waals surface area (Å²) in [6, 6.07) is 8.07. The minimum atomic E-state index is -1.02. The van der Waals surface area contributed by atoms with E-state index in [0.717, 1.165) is 5.56 Å². The second-order valence-corrected chi connectivity index (χ2v) is 9.88. The van der Waals surface area contributed by atoms with E-state index in [1.165, 1.54) is 6.92 Å². The van der Waals surface area contributed by atoms with Crippen molar-refractivity contribution in [3.05, 3.63) is 47.5 Å². The van der Waals surface area contributed by atoms with Crippen LogP contribution in [0.15, 0.2) is 42.0 Å². The molecule has 33 heavy (non-hydrogen) atoms. The smallest absolute Gasteiger partial charge is 0.331 e. The first kappa shape index (κ1) is 28.4. The molecule has 0 saturated heterocycles. The van der Waals surface area contributed by atoms with E-state index in [9.17, 15) is 19.5 Å². The van der Waals surface area contributed by atoms with Crippen LogP contribution in [0.4, 0.5) is 0 Å². The van der Waals surface area contributed by atoms with Crippen LogP contribution in [0.25, 0.3) is 0 Å². The minimum absolute atomic E-state index is 0.00108. The van der Waals surface area contributed by atoms with Gasteiger partial charge >= 0.3 is 5.97 Å². The van der Waals surface area contributed by atoms with Gasteiger partial charge in [0.2, 0.25) is 11.8 Å². The summed E-state index contributed by atoms with van der Waals surface area (Å²) in [6.07, 6.45) is 1.60. The van der Waals surface area contributed by atoms with Gasteiger partial charge in [-0.15, -0.1) is 0 Å². The van der Waals surface area contributed by atoms with Crippen LogP contribution in [0.5, 0.6) is 0 Å². The highest BCUT2D eigenvalue weighted by atomic mass is 16.4. The number of aliphatic carboxylic acids is 1. The molecule has 1 aromatic rings. The largest absolute Gasteiger partial charge is 0.478 e. The van der Waals surface area contributed by atoms with Crippen molar-refractivity contribution in [2.75, 3.05) is 14.1 Å². The summed E-state index contributed by atoms with van der Waals surface area (Å²) in [4.78, 5) is 39.7. The molecule has 1 aromatic carbocycles. The van der Waals surface area contributed by atoms with Crippen molar-refractivity contribution < 1.29 is 19.5 Å². The molecule has 3 atom stereocenters. The van der Waals surface area contributed by atoms with Crippen LogP contribution in [0.3, 0.4) is 0 Å². The zero-order valence-electron chi connectivity index (χ0n) is 21.5. The zero-order valence-corrected chi connectivity index (χ0v) is 21.5. The second-order valence-electron chi connectivity index (χ2n) is 9.88. The number of likely N-dealkylation sites (N-methyl/N-ethyl adjacent to an activating group) is 2. The molecule has 0 heterocycles. The SMILES string of the molecule is CN[C@H](C(=O)N[C@@H](C(=O)N(C)[C@H](/C=C(\C)C(=O)O)C(C)C)C(C)C)C(C)(C)c1ccccc1. The molecular formula is C26H41N3O4. The molecule has 7 heteroatoms. The third-order valence-electron chi connectivity index (χ3n) is 6.26. The van der Waals surface area contributed by atoms with Gasteiger partial charge in [0.15, 0.2) is 0 Å². The fourth-order valence-corrected chi connectivity index (χ4v) is 4.05. The number of carbonyl (C=O) groups is 3. The first-order valence-electron chi connectivity index (χ1n) is 11.5. The summed E-state index contributed by atoms with van der Waals surface area (Å²) in [6.45, 7) is 13.1. The van der Waals surface area contributed by atoms with Crippen molar-refractivity contribution in [1.29, 1.82) is 0 Å². The molecule has 1 rings (SSSR count). The second kappa shape index (κ2) is 12.0. The summed E-state index contributed by atoms with van der Waals surface area (Å²) in [7, 11) is 3.39. The van der Waals surface area contributed by atoms with E-state index in [1.54, 1.807) is 25.1 Å². The molecule has 0 fully saturated rings. The molecule has 0 aliphatic rings. The Morgan fingerprint density at radius 1 is 1.03 bits per heavy atom. The minimum Gasteiger partial charge on any atom is -0.478 e. The lowest BCUT2D eigenvalue weighted by molar-refractivity contribution is -0.139. The first-order chi connectivity index (χ1) is 15.2. The van der Waals surface area contributed by atoms with Gasteiger partial charge in [0.1, 0.15) is 6.04 Å². The number of carboxylic acids is 1. The Morgan fingerprint density at radius 3 is 2.00 bits per heavy atom. The molecule has 184 valence electrons. The molecule has 3 N–H and O–H groups in total. The molecule has 7 nitrogen and oxygen atoms in total. The molecule has 0 saturated carbocycles. The Morgan fingerprint density at radius 2 is 1.58 bits per heavy atom. The Labute approximate surface area is 198 Å². The number of carbonyl (C=O) groups excluding carboxylic acids is 2. The summed E-state index contributed by atoms with van der Waals surface area (Å²) in [5, 5.41) is 15.4. The van der Waals surface area contributed by atoms with Gasteiger partial charge in [-0.1, -0.05) is 78.0 Å². The molecule has 0 aromatic heterocycles. The van der Waals surface area contributed by atoms with E-state index in [-0.39, 0.29) is 29.2 Å². The van der Waals surface area contributed by atoms with E-state index < -0.39 is 29.5 Å². The normalized spacial score (nSPS) is 15.2. The van der Waals surface area contributed by atoms with Gasteiger partial charge in [0, 0.05) is 18.0 Å². The number of hydrogen-bond acceptors (Lipinski definition) is 4. The van der Waals surface area contributed by atoms with E-state index in [2.05, 4.69) is 10.6 Å². The predicted octanol–water partition coefficient (Wildman–Crippen LogP) is 3.21. The quantitative estimate of drug-likeness (QED) is 0.442. The van der Waals surface area contributed by atoms with Crippen molar-refractivity contribution in [3.8, 4) is 0 Å². The molecule has 0 bridgehead atoms. The fraction of sp³-hybridized carbons (Fsp3) is 0.577. The number of carboxylic acid groups (broad SMARTS) is 1. The van der Waals surface area contributed by atoms with Crippen LogP contribution in [-0.4, -0.2) is 60.0 Å². The van der Waals surface area contributed by atoms with Gasteiger partial charge in [-0.25, -0.2) is 4.79 Å². The van der Waals surface area contributed by atoms with Crippen LogP contribution in [0.1, 0.15) is 54.0 Å². The van der Waals surface area contributed by atoms with E-state index in [1.807, 2.05) is 71.9 Å². The molecule has 2 amide bonds. The summed E-state index contributed by atoms with van der Waals surface area (Å²) >= 11 is 0. The highest BCUT2D eigenvalue weighted by molar-refractivity contribution is 5.91. The summed E-state index contributed by atoms with van der Waals surface area (Å²) < 4.78 is 0. The number of benzene rings is 1. The van der Waals surface area contributed by atoms with Gasteiger partial charge in [-0.3, -0.25) is 9.59 Å². The number of rotatable bonds is 11. The first-order valence-corrected chi connectivity index (χ1v) is 11.5. The standard InChI is InChI=1S/C26H41N3O4/c1-16(2)20(15-18(5)25(32)33)29(9)24(31)21(17(3)4)28-23(30)22(27-8)26(6,7)19-13-11-10-12-14-19/h10-17,20-22,27H,1-9H3,(H,28,30)(H,32,33)/b18-15+/t20-,21-,22-/m1/s1. The summed E-state index contributed by atoms with van der Waals surface area (Å²) in [5.41, 5.74) is 0.676. The molecule has 0 aliphatic heterocycles. The van der Waals surface area contributed by atoms with Crippen LogP contribution in [0.2, 0.25) is 0 Å². The highest BCUT2D eigenvalue weighted by Crippen LogP contribution is 2.27. The monoisotopic (exact) mass is 459 g/mol. The van der Waals surface area contributed by atoms with Gasteiger partial charge < -0.3 is 20.6 Å². The van der Waals surface area contributed by atoms with Gasteiger partial charge in [-0.2, -0.15) is 0 Å². The Bertz CT molecular complexity index is 846. The molecule has 0 radical (unpaired) electrons. The van der Waals surface area contributed by atoms with Crippen molar-refractivity contribution in [2.24, 2.45) is 11.8 Å². The lowest BCUT2D eigenvalue weighted by Crippen LogP contribution is -2.59. The maximum atomic E-state index is 13.5. The van der Waals surface area contributed by atoms with Crippen molar-refractivity contribution in [1.82, 2.24) is 15.5 Å². The maximum absolute atomic E-state index is 13.5. The Kier molecular flexibility index (Phi) is 10.3. The summed E-state index contributed by atoms with van der Waals surface area (Å²) in [5.74, 6) is -1.68. The third-order valence-corrected chi connectivity index (χ3v) is 6.26. The van der Waals surface area contributed by atoms with Gasteiger partial charge in [0.05, 0.1) is 12.1 Å². The van der Waals surface area contributed by atoms with Crippen molar-refractivity contribution in [2.45, 2.75) is 72.0 Å². The van der Waals surface area contributed by atoms with Crippen molar-refractivity contribution >= 4 is 17.8 Å². The maximum Gasteiger partial charge on any atom is 0.331 e. The zero-order chi connectivity index (χ0) is 25.5. The lowest BCUT2D eigenvalue weighted by atomic mass is 9.77. The lowest BCUT2D eigenvalue weighted by Gasteiger charge is -2.37. The number of nitrogens with one attached hydrogen (secondary N) is 2. The van der Waals surface area contributed by atoms with Gasteiger partial charge in [-0.05, 0) is 31.4 Å². The van der Waals surface area contributed by atoms with Gasteiger partial charge in [0.25, 0.3) is 0 Å². The molecule has 0 aliphatic carbocycles. The topological polar surface area (TPSA) is 98.7 Å². The number of hydrogen-bond donors (Lipinski definition) is 3. The number of amides is 2. The average Bonchev–Trinajstić information content (AvgIpc) is 2.75. The Hall–Kier alpha value is -2.67. The van der Waals surface area contributed by atoms with Crippen LogP contribution in [0, 0.1) is 11.8 Å². The van der Waals surface area contributed by atoms with Crippen LogP contribution >= 0.6 is 0 Å². The average molecular weight is 460 g/mol. The van der Waals surface area contributed by atoms with Crippen molar-refractivity contribution in [3.63, 3.8) is 0 Å². The predicted molar refractivity (Wildman–Crippen MR) is 132 cm³/mol. The van der Waals surface area contributed by atoms with E-state index in [4.69, 9.17) is 0 Å². The van der Waals surface area contributed by atoms with Crippen LogP contribution < -0.4 is 10.6 Å². The third kappa shape index (κ3) is 7.16. The molecule has 0 spiro atoms. The Balaban J connectivity index is 3.19. The fourth-order valence-electron chi connectivity index (χ4n) is 4.05.